The average Bonchev–Trinajstić information content (AvgIpc) is 2.48. The lowest BCUT2D eigenvalue weighted by molar-refractivity contribution is 0.184. The summed E-state index contributed by atoms with van der Waals surface area (Å²) in [5.41, 5.74) is 1.80. The molecule has 21 heavy (non-hydrogen) atoms. The van der Waals surface area contributed by atoms with Crippen LogP contribution in [0, 0.1) is 18.7 Å². The maximum Gasteiger partial charge on any atom is 0.126 e. The summed E-state index contributed by atoms with van der Waals surface area (Å²) >= 11 is 0. The normalized spacial score (nSPS) is 18.9. The fraction of sp³-hybridized carbons (Fsp3) is 0.667. The van der Waals surface area contributed by atoms with Gasteiger partial charge in [0.05, 0.1) is 0 Å². The minimum atomic E-state index is -0.0952. The second kappa shape index (κ2) is 7.90. The third-order valence-corrected chi connectivity index (χ3v) is 4.66. The number of aryl methyl sites for hydroxylation is 1. The minimum absolute atomic E-state index is 0.0952. The van der Waals surface area contributed by atoms with E-state index in [1.54, 1.807) is 6.07 Å². The van der Waals surface area contributed by atoms with E-state index in [2.05, 4.69) is 30.1 Å². The molecule has 0 radical (unpaired) electrons. The number of halogens is 1. The van der Waals surface area contributed by atoms with E-state index in [0.717, 1.165) is 36.6 Å². The molecule has 1 aromatic rings. The van der Waals surface area contributed by atoms with Gasteiger partial charge in [0.1, 0.15) is 5.82 Å². The van der Waals surface area contributed by atoms with Crippen LogP contribution in [0.3, 0.4) is 0 Å². The van der Waals surface area contributed by atoms with Crippen LogP contribution in [0.2, 0.25) is 0 Å². The van der Waals surface area contributed by atoms with Crippen molar-refractivity contribution in [1.29, 1.82) is 0 Å². The van der Waals surface area contributed by atoms with Gasteiger partial charge in [0.2, 0.25) is 0 Å². The van der Waals surface area contributed by atoms with E-state index in [9.17, 15) is 4.39 Å². The molecule has 1 unspecified atom stereocenters. The Hall–Kier alpha value is -0.930. The van der Waals surface area contributed by atoms with Gasteiger partial charge in [0, 0.05) is 6.04 Å². The third kappa shape index (κ3) is 4.79. The van der Waals surface area contributed by atoms with Crippen LogP contribution >= 0.6 is 0 Å². The van der Waals surface area contributed by atoms with E-state index in [1.165, 1.54) is 25.9 Å². The number of rotatable bonds is 6. The second-order valence-corrected chi connectivity index (χ2v) is 6.43. The number of piperidine rings is 1. The summed E-state index contributed by atoms with van der Waals surface area (Å²) in [6.45, 7) is 10.7. The SMILES string of the molecule is CCNC(CCN1CCC(C)CC1)c1ccc(C)c(F)c1. The molecule has 0 aromatic heterocycles. The molecule has 1 atom stereocenters. The van der Waals surface area contributed by atoms with Crippen LogP contribution in [0.4, 0.5) is 4.39 Å². The number of nitrogens with one attached hydrogen (secondary N) is 1. The van der Waals surface area contributed by atoms with Gasteiger partial charge in [-0.1, -0.05) is 26.0 Å². The summed E-state index contributed by atoms with van der Waals surface area (Å²) in [5, 5.41) is 3.50. The van der Waals surface area contributed by atoms with Gasteiger partial charge >= 0.3 is 0 Å². The third-order valence-electron chi connectivity index (χ3n) is 4.66. The number of hydrogen-bond donors (Lipinski definition) is 1. The Morgan fingerprint density at radius 3 is 2.67 bits per heavy atom. The molecule has 1 aliphatic rings. The Morgan fingerprint density at radius 1 is 1.33 bits per heavy atom. The van der Waals surface area contributed by atoms with Crippen LogP contribution in [0.5, 0.6) is 0 Å². The van der Waals surface area contributed by atoms with Crippen molar-refractivity contribution in [2.75, 3.05) is 26.2 Å². The Balaban J connectivity index is 1.93. The molecule has 2 nitrogen and oxygen atoms in total. The highest BCUT2D eigenvalue weighted by molar-refractivity contribution is 5.25. The molecule has 118 valence electrons. The van der Waals surface area contributed by atoms with Gasteiger partial charge in [0.15, 0.2) is 0 Å². The molecule has 1 saturated heterocycles. The Bertz CT molecular complexity index is 439. The zero-order chi connectivity index (χ0) is 15.2. The molecule has 2 rings (SSSR count). The summed E-state index contributed by atoms with van der Waals surface area (Å²) in [6, 6.07) is 5.90. The topological polar surface area (TPSA) is 15.3 Å². The first-order valence-corrected chi connectivity index (χ1v) is 8.32. The average molecular weight is 292 g/mol. The van der Waals surface area contributed by atoms with E-state index < -0.39 is 0 Å². The van der Waals surface area contributed by atoms with Crippen LogP contribution in [0.25, 0.3) is 0 Å². The van der Waals surface area contributed by atoms with Gasteiger partial charge in [-0.15, -0.1) is 0 Å². The highest BCUT2D eigenvalue weighted by atomic mass is 19.1. The summed E-state index contributed by atoms with van der Waals surface area (Å²) in [5.74, 6) is 0.777. The van der Waals surface area contributed by atoms with Gasteiger partial charge in [-0.05, 0) is 75.5 Å². The van der Waals surface area contributed by atoms with Crippen molar-refractivity contribution in [1.82, 2.24) is 10.2 Å². The number of benzene rings is 1. The van der Waals surface area contributed by atoms with Crippen molar-refractivity contribution >= 4 is 0 Å². The largest absolute Gasteiger partial charge is 0.310 e. The lowest BCUT2D eigenvalue weighted by atomic mass is 9.97. The minimum Gasteiger partial charge on any atom is -0.310 e. The van der Waals surface area contributed by atoms with E-state index in [1.807, 2.05) is 13.0 Å². The lowest BCUT2D eigenvalue weighted by Gasteiger charge is -2.31. The van der Waals surface area contributed by atoms with Crippen LogP contribution in [-0.2, 0) is 0 Å². The van der Waals surface area contributed by atoms with E-state index >= 15 is 0 Å². The van der Waals surface area contributed by atoms with E-state index in [0.29, 0.717) is 0 Å². The molecule has 1 aromatic carbocycles. The molecule has 3 heteroatoms. The summed E-state index contributed by atoms with van der Waals surface area (Å²) < 4.78 is 13.8. The van der Waals surface area contributed by atoms with Crippen LogP contribution in [0.1, 0.15) is 50.3 Å². The van der Waals surface area contributed by atoms with Gasteiger partial charge < -0.3 is 10.2 Å². The van der Waals surface area contributed by atoms with Crippen molar-refractivity contribution in [2.24, 2.45) is 5.92 Å². The Kier molecular flexibility index (Phi) is 6.19. The highest BCUT2D eigenvalue weighted by Gasteiger charge is 2.18. The smallest absolute Gasteiger partial charge is 0.126 e. The predicted molar refractivity (Wildman–Crippen MR) is 87.0 cm³/mol. The highest BCUT2D eigenvalue weighted by Crippen LogP contribution is 2.22. The number of likely N-dealkylation sites (tertiary alicyclic amines) is 1. The predicted octanol–water partition coefficient (Wildman–Crippen LogP) is 3.91. The summed E-state index contributed by atoms with van der Waals surface area (Å²) in [7, 11) is 0. The van der Waals surface area contributed by atoms with Crippen molar-refractivity contribution in [3.05, 3.63) is 35.1 Å². The van der Waals surface area contributed by atoms with E-state index in [-0.39, 0.29) is 11.9 Å². The van der Waals surface area contributed by atoms with Gasteiger partial charge in [-0.3, -0.25) is 0 Å². The molecule has 1 fully saturated rings. The fourth-order valence-corrected chi connectivity index (χ4v) is 3.06. The Labute approximate surface area is 128 Å². The lowest BCUT2D eigenvalue weighted by Crippen LogP contribution is -2.35. The second-order valence-electron chi connectivity index (χ2n) is 6.43. The molecule has 0 spiro atoms. The number of hydrogen-bond acceptors (Lipinski definition) is 2. The molecule has 0 amide bonds. The quantitative estimate of drug-likeness (QED) is 0.855. The van der Waals surface area contributed by atoms with Crippen molar-refractivity contribution < 1.29 is 4.39 Å². The molecule has 0 bridgehead atoms. The zero-order valence-electron chi connectivity index (χ0n) is 13.7. The van der Waals surface area contributed by atoms with Crippen molar-refractivity contribution in [2.45, 2.75) is 46.1 Å². The number of nitrogens with zero attached hydrogens (tertiary/aromatic N) is 1. The monoisotopic (exact) mass is 292 g/mol. The van der Waals surface area contributed by atoms with Gasteiger partial charge in [0.25, 0.3) is 0 Å². The van der Waals surface area contributed by atoms with Crippen LogP contribution < -0.4 is 5.32 Å². The zero-order valence-corrected chi connectivity index (χ0v) is 13.7. The first kappa shape index (κ1) is 16.4. The van der Waals surface area contributed by atoms with Crippen LogP contribution in [0.15, 0.2) is 18.2 Å². The molecular formula is C18H29FN2. The van der Waals surface area contributed by atoms with Crippen molar-refractivity contribution in [3.63, 3.8) is 0 Å². The maximum absolute atomic E-state index is 13.8. The molecule has 1 aliphatic heterocycles. The van der Waals surface area contributed by atoms with Crippen molar-refractivity contribution in [3.8, 4) is 0 Å². The van der Waals surface area contributed by atoms with Crippen LogP contribution in [-0.4, -0.2) is 31.1 Å². The fourth-order valence-electron chi connectivity index (χ4n) is 3.06. The Morgan fingerprint density at radius 2 is 2.05 bits per heavy atom. The van der Waals surface area contributed by atoms with Gasteiger partial charge in [-0.25, -0.2) is 4.39 Å². The van der Waals surface area contributed by atoms with Gasteiger partial charge in [-0.2, -0.15) is 0 Å². The first-order valence-electron chi connectivity index (χ1n) is 8.32. The molecule has 0 saturated carbocycles. The first-order chi connectivity index (χ1) is 10.1. The standard InChI is InChI=1S/C18H29FN2/c1-4-20-18(16-6-5-15(3)17(19)13-16)9-12-21-10-7-14(2)8-11-21/h5-6,13-14,18,20H,4,7-12H2,1-3H3. The molecule has 0 aliphatic carbocycles. The molecule has 1 heterocycles. The molecular weight excluding hydrogens is 263 g/mol. The summed E-state index contributed by atoms with van der Waals surface area (Å²) in [4.78, 5) is 2.55. The van der Waals surface area contributed by atoms with E-state index in [4.69, 9.17) is 0 Å². The summed E-state index contributed by atoms with van der Waals surface area (Å²) in [6.07, 6.45) is 3.67. The maximum atomic E-state index is 13.8. The molecule has 1 N–H and O–H groups in total.